The normalized spacial score (nSPS) is 11.7. The van der Waals surface area contributed by atoms with E-state index in [1.165, 1.54) is 18.2 Å². The average Bonchev–Trinajstić information content (AvgIpc) is 2.50. The monoisotopic (exact) mass is 308 g/mol. The molecule has 0 aliphatic carbocycles. The van der Waals surface area contributed by atoms with Crippen LogP contribution in [0.3, 0.4) is 0 Å². The molecule has 2 N–H and O–H groups in total. The molecule has 0 saturated carbocycles. The molecule has 1 atom stereocenters. The van der Waals surface area contributed by atoms with Gasteiger partial charge in [0.15, 0.2) is 5.78 Å². The van der Waals surface area contributed by atoms with Gasteiger partial charge in [-0.1, -0.05) is 26.7 Å². The van der Waals surface area contributed by atoms with Crippen molar-refractivity contribution in [2.24, 2.45) is 0 Å². The van der Waals surface area contributed by atoms with Crippen LogP contribution in [0.5, 0.6) is 0 Å². The molecule has 22 heavy (non-hydrogen) atoms. The molecule has 0 radical (unpaired) electrons. The van der Waals surface area contributed by atoms with Gasteiger partial charge in [-0.25, -0.2) is 4.79 Å². The third-order valence-electron chi connectivity index (χ3n) is 3.31. The second kappa shape index (κ2) is 8.11. The minimum absolute atomic E-state index is 0.112. The number of anilines is 1. The number of carboxylic acid groups (broad SMARTS) is 1. The summed E-state index contributed by atoms with van der Waals surface area (Å²) in [6.07, 6.45) is 2.15. The lowest BCUT2D eigenvalue weighted by molar-refractivity contribution is -0.384. The Bertz CT molecular complexity index is 571. The summed E-state index contributed by atoms with van der Waals surface area (Å²) in [5, 5.41) is 23.0. The van der Waals surface area contributed by atoms with Crippen molar-refractivity contribution >= 4 is 23.1 Å². The van der Waals surface area contributed by atoms with Crippen LogP contribution < -0.4 is 5.32 Å². The molecular formula is C15H20N2O5. The Kier molecular flexibility index (Phi) is 6.49. The van der Waals surface area contributed by atoms with Gasteiger partial charge in [0.05, 0.1) is 4.92 Å². The van der Waals surface area contributed by atoms with E-state index in [0.29, 0.717) is 12.8 Å². The van der Waals surface area contributed by atoms with E-state index in [4.69, 9.17) is 0 Å². The number of nitrogens with one attached hydrogen (secondary N) is 1. The van der Waals surface area contributed by atoms with E-state index in [1.54, 1.807) is 6.92 Å². The number of benzene rings is 1. The molecule has 1 aromatic rings. The van der Waals surface area contributed by atoms with E-state index < -0.39 is 16.9 Å². The molecule has 0 aliphatic heterocycles. The van der Waals surface area contributed by atoms with Crippen LogP contribution in [-0.2, 0) is 4.79 Å². The number of rotatable bonds is 9. The molecule has 1 rings (SSSR count). The van der Waals surface area contributed by atoms with Gasteiger partial charge in [0, 0.05) is 18.1 Å². The van der Waals surface area contributed by atoms with E-state index in [1.807, 2.05) is 6.92 Å². The third-order valence-corrected chi connectivity index (χ3v) is 3.31. The lowest BCUT2D eigenvalue weighted by Crippen LogP contribution is -2.29. The predicted molar refractivity (Wildman–Crippen MR) is 82.3 cm³/mol. The summed E-state index contributed by atoms with van der Waals surface area (Å²) in [5.41, 5.74) is 0.0726. The molecule has 0 fully saturated rings. The summed E-state index contributed by atoms with van der Waals surface area (Å²) >= 11 is 0. The van der Waals surface area contributed by atoms with E-state index >= 15 is 0 Å². The SMILES string of the molecule is CCCCC(Nc1ccc(C(=O)CC)cc1[N+](=O)[O-])C(=O)O. The van der Waals surface area contributed by atoms with Crippen molar-refractivity contribution in [1.29, 1.82) is 0 Å². The smallest absolute Gasteiger partial charge is 0.326 e. The first-order chi connectivity index (χ1) is 10.4. The zero-order valence-electron chi connectivity index (χ0n) is 12.7. The first-order valence-electron chi connectivity index (χ1n) is 7.21. The van der Waals surface area contributed by atoms with Crippen LogP contribution in [0.25, 0.3) is 0 Å². The molecule has 0 spiro atoms. The fourth-order valence-corrected chi connectivity index (χ4v) is 2.04. The van der Waals surface area contributed by atoms with E-state index in [0.717, 1.165) is 6.42 Å². The molecule has 0 heterocycles. The number of ketones is 1. The number of carbonyl (C=O) groups is 2. The molecule has 0 aromatic heterocycles. The number of aliphatic carboxylic acids is 1. The molecule has 1 unspecified atom stereocenters. The summed E-state index contributed by atoms with van der Waals surface area (Å²) in [5.74, 6) is -1.26. The molecule has 7 heteroatoms. The van der Waals surface area contributed by atoms with Crippen molar-refractivity contribution in [1.82, 2.24) is 0 Å². The molecule has 7 nitrogen and oxygen atoms in total. The van der Waals surface area contributed by atoms with Crippen LogP contribution in [0.1, 0.15) is 49.9 Å². The van der Waals surface area contributed by atoms with Gasteiger partial charge in [-0.05, 0) is 18.6 Å². The van der Waals surface area contributed by atoms with Crippen molar-refractivity contribution in [3.63, 3.8) is 0 Å². The number of nitro groups is 1. The fraction of sp³-hybridized carbons (Fsp3) is 0.467. The number of hydrogen-bond donors (Lipinski definition) is 2. The standard InChI is InChI=1S/C15H20N2O5/c1-3-5-6-12(15(19)20)16-11-8-7-10(14(18)4-2)9-13(11)17(21)22/h7-9,12,16H,3-6H2,1-2H3,(H,19,20). The minimum Gasteiger partial charge on any atom is -0.480 e. The molecule has 0 bridgehead atoms. The maximum Gasteiger partial charge on any atom is 0.326 e. The van der Waals surface area contributed by atoms with E-state index in [2.05, 4.69) is 5.32 Å². The van der Waals surface area contributed by atoms with Crippen LogP contribution >= 0.6 is 0 Å². The highest BCUT2D eigenvalue weighted by atomic mass is 16.6. The third kappa shape index (κ3) is 4.54. The van der Waals surface area contributed by atoms with Crippen LogP contribution in [0, 0.1) is 10.1 Å². The molecular weight excluding hydrogens is 288 g/mol. The summed E-state index contributed by atoms with van der Waals surface area (Å²) in [6.45, 7) is 3.61. The van der Waals surface area contributed by atoms with Gasteiger partial charge in [0.25, 0.3) is 5.69 Å². The second-order valence-corrected chi connectivity index (χ2v) is 4.94. The maximum absolute atomic E-state index is 11.6. The second-order valence-electron chi connectivity index (χ2n) is 4.94. The van der Waals surface area contributed by atoms with E-state index in [-0.39, 0.29) is 29.1 Å². The first-order valence-corrected chi connectivity index (χ1v) is 7.21. The quantitative estimate of drug-likeness (QED) is 0.411. The fourth-order valence-electron chi connectivity index (χ4n) is 2.04. The van der Waals surface area contributed by atoms with Crippen LogP contribution in [-0.4, -0.2) is 27.8 Å². The first kappa shape index (κ1) is 17.6. The molecule has 0 amide bonds. The van der Waals surface area contributed by atoms with Gasteiger partial charge in [-0.3, -0.25) is 14.9 Å². The van der Waals surface area contributed by atoms with Gasteiger partial charge < -0.3 is 10.4 Å². The average molecular weight is 308 g/mol. The van der Waals surface area contributed by atoms with Gasteiger partial charge in [-0.2, -0.15) is 0 Å². The minimum atomic E-state index is -1.06. The zero-order chi connectivity index (χ0) is 16.7. The lowest BCUT2D eigenvalue weighted by Gasteiger charge is -2.15. The molecule has 1 aromatic carbocycles. The number of Topliss-reactive ketones (excluding diaryl/α,β-unsaturated/α-hetero) is 1. The summed E-state index contributed by atoms with van der Waals surface area (Å²) in [6, 6.07) is 3.15. The lowest BCUT2D eigenvalue weighted by atomic mass is 10.1. The van der Waals surface area contributed by atoms with Gasteiger partial charge in [0.2, 0.25) is 0 Å². The summed E-state index contributed by atoms with van der Waals surface area (Å²) in [7, 11) is 0. The summed E-state index contributed by atoms with van der Waals surface area (Å²) < 4.78 is 0. The predicted octanol–water partition coefficient (Wildman–Crippen LogP) is 3.24. The zero-order valence-corrected chi connectivity index (χ0v) is 12.7. The number of hydrogen-bond acceptors (Lipinski definition) is 5. The topological polar surface area (TPSA) is 110 Å². The highest BCUT2D eigenvalue weighted by Gasteiger charge is 2.22. The molecule has 0 saturated heterocycles. The van der Waals surface area contributed by atoms with Crippen molar-refractivity contribution < 1.29 is 19.6 Å². The number of unbranched alkanes of at least 4 members (excludes halogenated alkanes) is 1. The largest absolute Gasteiger partial charge is 0.480 e. The van der Waals surface area contributed by atoms with Gasteiger partial charge >= 0.3 is 5.97 Å². The van der Waals surface area contributed by atoms with Crippen LogP contribution in [0.4, 0.5) is 11.4 Å². The highest BCUT2D eigenvalue weighted by Crippen LogP contribution is 2.27. The Morgan fingerprint density at radius 3 is 2.55 bits per heavy atom. The van der Waals surface area contributed by atoms with Gasteiger partial charge in [0.1, 0.15) is 11.7 Å². The van der Waals surface area contributed by atoms with Crippen LogP contribution in [0.15, 0.2) is 18.2 Å². The number of nitro benzene ring substituents is 1. The molecule has 0 aliphatic rings. The number of carboxylic acids is 1. The van der Waals surface area contributed by atoms with Gasteiger partial charge in [-0.15, -0.1) is 0 Å². The van der Waals surface area contributed by atoms with E-state index in [9.17, 15) is 24.8 Å². The Hall–Kier alpha value is -2.44. The van der Waals surface area contributed by atoms with Crippen molar-refractivity contribution in [3.8, 4) is 0 Å². The Balaban J connectivity index is 3.09. The number of carbonyl (C=O) groups excluding carboxylic acids is 1. The highest BCUT2D eigenvalue weighted by molar-refractivity contribution is 5.97. The Labute approximate surface area is 128 Å². The Morgan fingerprint density at radius 1 is 1.36 bits per heavy atom. The van der Waals surface area contributed by atoms with Crippen LogP contribution in [0.2, 0.25) is 0 Å². The van der Waals surface area contributed by atoms with Crippen molar-refractivity contribution in [2.75, 3.05) is 5.32 Å². The van der Waals surface area contributed by atoms with Crippen molar-refractivity contribution in [3.05, 3.63) is 33.9 Å². The Morgan fingerprint density at radius 2 is 2.05 bits per heavy atom. The maximum atomic E-state index is 11.6. The molecule has 120 valence electrons. The van der Waals surface area contributed by atoms with Crippen molar-refractivity contribution in [2.45, 2.75) is 45.6 Å². The number of nitrogens with zero attached hydrogens (tertiary/aromatic N) is 1. The summed E-state index contributed by atoms with van der Waals surface area (Å²) in [4.78, 5) is 33.4.